The minimum atomic E-state index is -3.46. The Morgan fingerprint density at radius 1 is 1.30 bits per heavy atom. The predicted octanol–water partition coefficient (Wildman–Crippen LogP) is 2.73. The molecule has 1 unspecified atom stereocenters. The Morgan fingerprint density at radius 2 is 1.95 bits per heavy atom. The van der Waals surface area contributed by atoms with Crippen molar-refractivity contribution in [2.75, 3.05) is 0 Å². The summed E-state index contributed by atoms with van der Waals surface area (Å²) < 4.78 is 32.0. The lowest BCUT2D eigenvalue weighted by Gasteiger charge is -2.12. The van der Waals surface area contributed by atoms with Crippen molar-refractivity contribution in [2.45, 2.75) is 38.1 Å². The zero-order valence-corrected chi connectivity index (χ0v) is 12.6. The van der Waals surface area contributed by atoms with Crippen molar-refractivity contribution in [3.63, 3.8) is 0 Å². The van der Waals surface area contributed by atoms with Gasteiger partial charge in [-0.05, 0) is 25.5 Å². The van der Waals surface area contributed by atoms with Crippen LogP contribution in [0.3, 0.4) is 0 Å². The maximum absolute atomic E-state index is 12.1. The minimum absolute atomic E-state index is 0.0853. The van der Waals surface area contributed by atoms with Crippen LogP contribution in [0.5, 0.6) is 0 Å². The molecular formula is C14H18N2O3S. The molecule has 0 aliphatic rings. The molecule has 0 aliphatic carbocycles. The zero-order chi connectivity index (χ0) is 14.8. The Balaban J connectivity index is 2.24. The van der Waals surface area contributed by atoms with Gasteiger partial charge < -0.3 is 4.42 Å². The van der Waals surface area contributed by atoms with Gasteiger partial charge in [0.25, 0.3) is 0 Å². The highest BCUT2D eigenvalue weighted by Crippen LogP contribution is 2.20. The molecule has 1 atom stereocenters. The van der Waals surface area contributed by atoms with E-state index in [2.05, 4.69) is 9.71 Å². The fraction of sp³-hybridized carbons (Fsp3) is 0.357. The van der Waals surface area contributed by atoms with Crippen LogP contribution in [0.4, 0.5) is 0 Å². The smallest absolute Gasteiger partial charge is 0.240 e. The summed E-state index contributed by atoms with van der Waals surface area (Å²) in [6.45, 7) is 5.53. The van der Waals surface area contributed by atoms with Crippen LogP contribution in [0.25, 0.3) is 11.3 Å². The Bertz CT molecular complexity index is 675. The summed E-state index contributed by atoms with van der Waals surface area (Å²) in [6, 6.07) is 6.51. The van der Waals surface area contributed by atoms with Gasteiger partial charge in [-0.3, -0.25) is 0 Å². The van der Waals surface area contributed by atoms with Crippen LogP contribution in [0, 0.1) is 6.92 Å². The first-order valence-corrected chi connectivity index (χ1v) is 7.95. The number of aryl methyl sites for hydroxylation is 1. The SMILES string of the molecule is CCC(C)NS(=O)(=O)c1ccc(-c2coc(C)n2)cc1. The molecule has 0 saturated heterocycles. The molecule has 0 amide bonds. The van der Waals surface area contributed by atoms with Crippen molar-refractivity contribution < 1.29 is 12.8 Å². The lowest BCUT2D eigenvalue weighted by molar-refractivity contribution is 0.521. The lowest BCUT2D eigenvalue weighted by Crippen LogP contribution is -2.31. The average molecular weight is 294 g/mol. The molecular weight excluding hydrogens is 276 g/mol. The number of aromatic nitrogens is 1. The third-order valence-electron chi connectivity index (χ3n) is 3.05. The van der Waals surface area contributed by atoms with Gasteiger partial charge in [-0.2, -0.15) is 0 Å². The van der Waals surface area contributed by atoms with Crippen LogP contribution < -0.4 is 4.72 Å². The number of hydrogen-bond acceptors (Lipinski definition) is 4. The largest absolute Gasteiger partial charge is 0.449 e. The van der Waals surface area contributed by atoms with Crippen molar-refractivity contribution >= 4 is 10.0 Å². The van der Waals surface area contributed by atoms with Gasteiger partial charge >= 0.3 is 0 Å². The first kappa shape index (κ1) is 14.7. The molecule has 20 heavy (non-hydrogen) atoms. The van der Waals surface area contributed by atoms with Crippen molar-refractivity contribution in [3.05, 3.63) is 36.4 Å². The second-order valence-electron chi connectivity index (χ2n) is 4.71. The van der Waals surface area contributed by atoms with Gasteiger partial charge in [0.1, 0.15) is 12.0 Å². The quantitative estimate of drug-likeness (QED) is 0.920. The molecule has 0 aliphatic heterocycles. The normalized spacial score (nSPS) is 13.3. The van der Waals surface area contributed by atoms with Crippen LogP contribution in [0.15, 0.2) is 39.8 Å². The molecule has 0 spiro atoms. The summed E-state index contributed by atoms with van der Waals surface area (Å²) in [4.78, 5) is 4.45. The van der Waals surface area contributed by atoms with Gasteiger partial charge in [-0.1, -0.05) is 19.1 Å². The van der Waals surface area contributed by atoms with Crippen LogP contribution in [0.1, 0.15) is 26.2 Å². The van der Waals surface area contributed by atoms with Crippen LogP contribution in [-0.2, 0) is 10.0 Å². The van der Waals surface area contributed by atoms with E-state index >= 15 is 0 Å². The summed E-state index contributed by atoms with van der Waals surface area (Å²) in [5.41, 5.74) is 1.52. The fourth-order valence-electron chi connectivity index (χ4n) is 1.72. The molecule has 108 valence electrons. The van der Waals surface area contributed by atoms with Crippen molar-refractivity contribution in [1.29, 1.82) is 0 Å². The molecule has 1 aromatic heterocycles. The Labute approximate surface area is 119 Å². The molecule has 1 heterocycles. The Hall–Kier alpha value is -1.66. The highest BCUT2D eigenvalue weighted by Gasteiger charge is 2.16. The molecule has 0 radical (unpaired) electrons. The number of hydrogen-bond donors (Lipinski definition) is 1. The lowest BCUT2D eigenvalue weighted by atomic mass is 10.2. The maximum atomic E-state index is 12.1. The van der Waals surface area contributed by atoms with E-state index in [4.69, 9.17) is 4.42 Å². The summed E-state index contributed by atoms with van der Waals surface area (Å²) >= 11 is 0. The summed E-state index contributed by atoms with van der Waals surface area (Å²) in [5, 5.41) is 0. The maximum Gasteiger partial charge on any atom is 0.240 e. The highest BCUT2D eigenvalue weighted by atomic mass is 32.2. The molecule has 1 aromatic carbocycles. The zero-order valence-electron chi connectivity index (χ0n) is 11.8. The molecule has 5 nitrogen and oxygen atoms in total. The summed E-state index contributed by atoms with van der Waals surface area (Å²) in [6.07, 6.45) is 2.30. The van der Waals surface area contributed by atoms with E-state index < -0.39 is 10.0 Å². The standard InChI is InChI=1S/C14H18N2O3S/c1-4-10(2)16-20(17,18)13-7-5-12(6-8-13)14-9-19-11(3)15-14/h5-10,16H,4H2,1-3H3. The average Bonchev–Trinajstić information content (AvgIpc) is 2.85. The first-order chi connectivity index (χ1) is 9.42. The minimum Gasteiger partial charge on any atom is -0.449 e. The van der Waals surface area contributed by atoms with Crippen LogP contribution in [0.2, 0.25) is 0 Å². The van der Waals surface area contributed by atoms with E-state index in [-0.39, 0.29) is 10.9 Å². The number of rotatable bonds is 5. The van der Waals surface area contributed by atoms with Gasteiger partial charge in [-0.25, -0.2) is 18.1 Å². The van der Waals surface area contributed by atoms with E-state index in [9.17, 15) is 8.42 Å². The van der Waals surface area contributed by atoms with Crippen LogP contribution in [-0.4, -0.2) is 19.4 Å². The van der Waals surface area contributed by atoms with E-state index in [0.717, 1.165) is 12.0 Å². The second-order valence-corrected chi connectivity index (χ2v) is 6.42. The fourth-order valence-corrected chi connectivity index (χ4v) is 3.04. The van der Waals surface area contributed by atoms with E-state index in [0.29, 0.717) is 11.6 Å². The second kappa shape index (κ2) is 5.76. The number of oxazole rings is 1. The van der Waals surface area contributed by atoms with E-state index in [1.165, 1.54) is 0 Å². The number of benzene rings is 1. The Morgan fingerprint density at radius 3 is 2.45 bits per heavy atom. The number of nitrogens with zero attached hydrogens (tertiary/aromatic N) is 1. The summed E-state index contributed by atoms with van der Waals surface area (Å²) in [7, 11) is -3.46. The van der Waals surface area contributed by atoms with Gasteiger partial charge in [0.15, 0.2) is 5.89 Å². The van der Waals surface area contributed by atoms with Crippen LogP contribution >= 0.6 is 0 Å². The molecule has 1 N–H and O–H groups in total. The molecule has 0 fully saturated rings. The molecule has 6 heteroatoms. The number of sulfonamides is 1. The topological polar surface area (TPSA) is 72.2 Å². The third-order valence-corrected chi connectivity index (χ3v) is 4.65. The van der Waals surface area contributed by atoms with Crippen molar-refractivity contribution in [1.82, 2.24) is 9.71 Å². The van der Waals surface area contributed by atoms with Gasteiger partial charge in [0.05, 0.1) is 4.90 Å². The van der Waals surface area contributed by atoms with Crippen molar-refractivity contribution in [2.24, 2.45) is 0 Å². The van der Waals surface area contributed by atoms with E-state index in [1.54, 1.807) is 37.5 Å². The van der Waals surface area contributed by atoms with Gasteiger partial charge in [0.2, 0.25) is 10.0 Å². The Kier molecular flexibility index (Phi) is 4.25. The predicted molar refractivity (Wildman–Crippen MR) is 76.8 cm³/mol. The summed E-state index contributed by atoms with van der Waals surface area (Å²) in [5.74, 6) is 0.579. The molecule has 2 aromatic rings. The molecule has 0 saturated carbocycles. The molecule has 0 bridgehead atoms. The highest BCUT2D eigenvalue weighted by molar-refractivity contribution is 7.89. The van der Waals surface area contributed by atoms with E-state index in [1.807, 2.05) is 13.8 Å². The monoisotopic (exact) mass is 294 g/mol. The first-order valence-electron chi connectivity index (χ1n) is 6.47. The molecule has 2 rings (SSSR count). The van der Waals surface area contributed by atoms with Gasteiger partial charge in [0, 0.05) is 18.5 Å². The van der Waals surface area contributed by atoms with Gasteiger partial charge in [-0.15, -0.1) is 0 Å². The number of nitrogens with one attached hydrogen (secondary N) is 1. The van der Waals surface area contributed by atoms with Crippen molar-refractivity contribution in [3.8, 4) is 11.3 Å². The third kappa shape index (κ3) is 3.26.